The van der Waals surface area contributed by atoms with E-state index in [0.29, 0.717) is 5.56 Å². The molecule has 5 heteroatoms. The molecule has 0 aliphatic carbocycles. The van der Waals surface area contributed by atoms with Crippen LogP contribution >= 0.6 is 11.3 Å². The van der Waals surface area contributed by atoms with Crippen molar-refractivity contribution < 1.29 is 9.53 Å². The molecule has 2 aromatic rings. The lowest BCUT2D eigenvalue weighted by molar-refractivity contribution is 0.0601. The Morgan fingerprint density at radius 1 is 1.13 bits per heavy atom. The van der Waals surface area contributed by atoms with Crippen LogP contribution in [0.2, 0.25) is 0 Å². The molecule has 1 heterocycles. The van der Waals surface area contributed by atoms with Crippen LogP contribution in [0.3, 0.4) is 0 Å². The van der Waals surface area contributed by atoms with Gasteiger partial charge in [0.1, 0.15) is 0 Å². The number of likely N-dealkylation sites (N-methyl/N-ethyl adjacent to an activating group) is 1. The molecule has 1 aromatic heterocycles. The van der Waals surface area contributed by atoms with E-state index in [0.717, 1.165) is 26.2 Å². The van der Waals surface area contributed by atoms with Crippen LogP contribution in [0, 0.1) is 0 Å². The van der Waals surface area contributed by atoms with Gasteiger partial charge in [-0.05, 0) is 25.7 Å². The molecule has 0 amide bonds. The predicted octanol–water partition coefficient (Wildman–Crippen LogP) is 3.10. The average molecular weight is 332 g/mol. The zero-order valence-electron chi connectivity index (χ0n) is 14.0. The number of thiophene rings is 1. The lowest BCUT2D eigenvalue weighted by Crippen LogP contribution is -2.30. The molecule has 0 saturated heterocycles. The number of ether oxygens (including phenoxy) is 1. The molecule has 0 fully saturated rings. The third-order valence-electron chi connectivity index (χ3n) is 3.57. The number of benzene rings is 1. The van der Waals surface area contributed by atoms with Crippen molar-refractivity contribution in [2.45, 2.75) is 13.1 Å². The van der Waals surface area contributed by atoms with Gasteiger partial charge in [-0.25, -0.2) is 4.79 Å². The quantitative estimate of drug-likeness (QED) is 0.696. The van der Waals surface area contributed by atoms with Gasteiger partial charge in [0.2, 0.25) is 0 Å². The van der Waals surface area contributed by atoms with Crippen molar-refractivity contribution in [3.05, 3.63) is 57.8 Å². The van der Waals surface area contributed by atoms with Crippen molar-refractivity contribution >= 4 is 17.3 Å². The Morgan fingerprint density at radius 2 is 1.87 bits per heavy atom. The van der Waals surface area contributed by atoms with Crippen molar-refractivity contribution in [1.82, 2.24) is 9.80 Å². The van der Waals surface area contributed by atoms with Gasteiger partial charge in [0.05, 0.1) is 12.7 Å². The molecule has 1 aromatic carbocycles. The summed E-state index contributed by atoms with van der Waals surface area (Å²) < 4.78 is 4.78. The minimum Gasteiger partial charge on any atom is -0.465 e. The minimum atomic E-state index is -0.268. The van der Waals surface area contributed by atoms with Crippen molar-refractivity contribution in [3.8, 4) is 0 Å². The fourth-order valence-corrected chi connectivity index (χ4v) is 3.20. The van der Waals surface area contributed by atoms with Crippen LogP contribution in [0.4, 0.5) is 0 Å². The summed E-state index contributed by atoms with van der Waals surface area (Å²) in [6.07, 6.45) is 0. The maximum Gasteiger partial charge on any atom is 0.338 e. The number of hydrogen-bond acceptors (Lipinski definition) is 5. The Kier molecular flexibility index (Phi) is 6.77. The summed E-state index contributed by atoms with van der Waals surface area (Å²) in [6, 6.07) is 12.4. The summed E-state index contributed by atoms with van der Waals surface area (Å²) in [5.74, 6) is -0.268. The van der Waals surface area contributed by atoms with Gasteiger partial charge < -0.3 is 9.64 Å². The summed E-state index contributed by atoms with van der Waals surface area (Å²) in [6.45, 7) is 3.72. The first-order valence-electron chi connectivity index (χ1n) is 7.65. The van der Waals surface area contributed by atoms with E-state index in [1.807, 2.05) is 17.5 Å². The highest BCUT2D eigenvalue weighted by Gasteiger charge is 2.12. The Morgan fingerprint density at radius 3 is 2.52 bits per heavy atom. The van der Waals surface area contributed by atoms with Gasteiger partial charge in [-0.2, -0.15) is 0 Å². The second kappa shape index (κ2) is 8.82. The van der Waals surface area contributed by atoms with Crippen LogP contribution in [-0.4, -0.2) is 50.1 Å². The van der Waals surface area contributed by atoms with E-state index in [9.17, 15) is 4.79 Å². The molecule has 0 aliphatic rings. The van der Waals surface area contributed by atoms with E-state index >= 15 is 0 Å². The summed E-state index contributed by atoms with van der Waals surface area (Å²) in [5.41, 5.74) is 1.94. The van der Waals surface area contributed by atoms with Crippen LogP contribution in [-0.2, 0) is 17.8 Å². The van der Waals surface area contributed by atoms with Gasteiger partial charge in [0.25, 0.3) is 0 Å². The molecule has 0 atom stereocenters. The highest BCUT2D eigenvalue weighted by molar-refractivity contribution is 7.10. The molecular weight excluding hydrogens is 308 g/mol. The number of rotatable bonds is 8. The fourth-order valence-electron chi connectivity index (χ4n) is 2.31. The zero-order valence-corrected chi connectivity index (χ0v) is 14.8. The van der Waals surface area contributed by atoms with Gasteiger partial charge in [-0.1, -0.05) is 30.3 Å². The predicted molar refractivity (Wildman–Crippen MR) is 94.8 cm³/mol. The van der Waals surface area contributed by atoms with Crippen molar-refractivity contribution in [3.63, 3.8) is 0 Å². The van der Waals surface area contributed by atoms with E-state index < -0.39 is 0 Å². The third kappa shape index (κ3) is 5.78. The first-order valence-corrected chi connectivity index (χ1v) is 8.53. The van der Waals surface area contributed by atoms with Gasteiger partial charge in [0, 0.05) is 36.4 Å². The van der Waals surface area contributed by atoms with Crippen LogP contribution in [0.25, 0.3) is 0 Å². The van der Waals surface area contributed by atoms with Crippen molar-refractivity contribution in [2.75, 3.05) is 34.3 Å². The Hall–Kier alpha value is -1.69. The average Bonchev–Trinajstić information content (AvgIpc) is 3.01. The molecule has 0 saturated carbocycles. The number of hydrogen-bond donors (Lipinski definition) is 0. The molecule has 23 heavy (non-hydrogen) atoms. The van der Waals surface area contributed by atoms with Crippen molar-refractivity contribution in [1.29, 1.82) is 0 Å². The van der Waals surface area contributed by atoms with E-state index in [1.54, 1.807) is 11.3 Å². The lowest BCUT2D eigenvalue weighted by Gasteiger charge is -2.23. The van der Waals surface area contributed by atoms with Crippen LogP contribution < -0.4 is 0 Å². The number of nitrogens with zero attached hydrogens (tertiary/aromatic N) is 2. The molecule has 0 bridgehead atoms. The smallest absolute Gasteiger partial charge is 0.338 e. The van der Waals surface area contributed by atoms with Gasteiger partial charge in [-0.3, -0.25) is 4.90 Å². The second-order valence-corrected chi connectivity index (χ2v) is 6.79. The highest BCUT2D eigenvalue weighted by atomic mass is 32.1. The third-order valence-corrected chi connectivity index (χ3v) is 4.49. The Labute approximate surface area is 142 Å². The molecule has 0 radical (unpaired) electrons. The molecule has 0 unspecified atom stereocenters. The van der Waals surface area contributed by atoms with Crippen LogP contribution in [0.5, 0.6) is 0 Å². The van der Waals surface area contributed by atoms with Crippen LogP contribution in [0.1, 0.15) is 20.8 Å². The standard InChI is InChI=1S/C18H24N2O2S/c1-19(2)9-10-20(12-15-7-5-4-6-8-15)13-17-11-16(14-23-17)18(21)22-3/h4-8,11,14H,9-10,12-13H2,1-3H3. The molecule has 0 N–H and O–H groups in total. The van der Waals surface area contributed by atoms with E-state index in [4.69, 9.17) is 4.74 Å². The molecule has 2 rings (SSSR count). The molecular formula is C18H24N2O2S. The first-order chi connectivity index (χ1) is 11.1. The molecule has 124 valence electrons. The second-order valence-electron chi connectivity index (χ2n) is 5.79. The normalized spacial score (nSPS) is 11.2. The summed E-state index contributed by atoms with van der Waals surface area (Å²) >= 11 is 1.61. The highest BCUT2D eigenvalue weighted by Crippen LogP contribution is 2.19. The number of methoxy groups -OCH3 is 1. The monoisotopic (exact) mass is 332 g/mol. The van der Waals surface area contributed by atoms with Crippen molar-refractivity contribution in [2.24, 2.45) is 0 Å². The topological polar surface area (TPSA) is 32.8 Å². The maximum atomic E-state index is 11.6. The van der Waals surface area contributed by atoms with Gasteiger partial charge >= 0.3 is 5.97 Å². The fraction of sp³-hybridized carbons (Fsp3) is 0.389. The number of carbonyl (C=O) groups excluding carboxylic acids is 1. The Bertz CT molecular complexity index is 610. The van der Waals surface area contributed by atoms with E-state index in [1.165, 1.54) is 17.6 Å². The number of carbonyl (C=O) groups is 1. The number of esters is 1. The lowest BCUT2D eigenvalue weighted by atomic mass is 10.2. The van der Waals surface area contributed by atoms with E-state index in [2.05, 4.69) is 48.2 Å². The Balaban J connectivity index is 2.04. The summed E-state index contributed by atoms with van der Waals surface area (Å²) in [5, 5.41) is 1.87. The summed E-state index contributed by atoms with van der Waals surface area (Å²) in [4.78, 5) is 17.4. The minimum absolute atomic E-state index is 0.268. The summed E-state index contributed by atoms with van der Waals surface area (Å²) in [7, 11) is 5.58. The first kappa shape index (κ1) is 17.7. The molecule has 0 aliphatic heterocycles. The zero-order chi connectivity index (χ0) is 16.7. The van der Waals surface area contributed by atoms with E-state index in [-0.39, 0.29) is 5.97 Å². The largest absolute Gasteiger partial charge is 0.465 e. The SMILES string of the molecule is COC(=O)c1csc(CN(CCN(C)C)Cc2ccccc2)c1. The van der Waals surface area contributed by atoms with Crippen LogP contribution in [0.15, 0.2) is 41.8 Å². The maximum absolute atomic E-state index is 11.6. The molecule has 4 nitrogen and oxygen atoms in total. The van der Waals surface area contributed by atoms with Gasteiger partial charge in [0.15, 0.2) is 0 Å². The van der Waals surface area contributed by atoms with Gasteiger partial charge in [-0.15, -0.1) is 11.3 Å². The molecule has 0 spiro atoms.